The fourth-order valence-electron chi connectivity index (χ4n) is 6.73. The molecule has 7 atom stereocenters. The molecular weight excluding hydrogens is 525 g/mol. The minimum Gasteiger partial charge on any atom is -0.478 e. The molecule has 0 saturated heterocycles. The van der Waals surface area contributed by atoms with Crippen LogP contribution >= 0.6 is 0 Å². The van der Waals surface area contributed by atoms with Crippen LogP contribution in [0.15, 0.2) is 85.0 Å². The number of carbonyl (C=O) groups is 2. The van der Waals surface area contributed by atoms with Gasteiger partial charge in [-0.15, -0.1) is 5.92 Å². The number of carboxylic acid groups (broad SMARTS) is 1. The maximum absolute atomic E-state index is 12.0. The zero-order valence-electron chi connectivity index (χ0n) is 20.2. The minimum atomic E-state index is -0.922. The van der Waals surface area contributed by atoms with E-state index in [1.54, 1.807) is 12.2 Å². The van der Waals surface area contributed by atoms with Gasteiger partial charge < -0.3 is 16.3 Å². The van der Waals surface area contributed by atoms with E-state index in [0.29, 0.717) is 12.5 Å². The van der Waals surface area contributed by atoms with Gasteiger partial charge in [0.15, 0.2) is 0 Å². The van der Waals surface area contributed by atoms with Crippen molar-refractivity contribution in [3.8, 4) is 0 Å². The fraction of sp³-hybridized carbons (Fsp3) is 0.323. The third-order valence-electron chi connectivity index (χ3n) is 8.01. The number of hydrogen-bond donors (Lipinski definition) is 1. The smallest absolute Gasteiger partial charge is 0.330 e. The Morgan fingerprint density at radius 1 is 0.861 bits per heavy atom. The Labute approximate surface area is 238 Å². The number of rotatable bonds is 6. The van der Waals surface area contributed by atoms with Gasteiger partial charge in [0.05, 0.1) is 6.61 Å². The van der Waals surface area contributed by atoms with E-state index >= 15 is 0 Å². The van der Waals surface area contributed by atoms with Gasteiger partial charge in [0.1, 0.15) is 0 Å². The van der Waals surface area contributed by atoms with Crippen molar-refractivity contribution in [3.05, 3.63) is 103 Å². The van der Waals surface area contributed by atoms with Gasteiger partial charge in [-0.25, -0.2) is 9.59 Å². The Hall–Kier alpha value is -2.30. The van der Waals surface area contributed by atoms with Crippen molar-refractivity contribution in [3.63, 3.8) is 0 Å². The predicted octanol–water partition coefficient (Wildman–Crippen LogP) is 5.93. The summed E-state index contributed by atoms with van der Waals surface area (Å²) < 4.78 is 5.55. The Bertz CT molecular complexity index is 1120. The molecule has 4 bridgehead atoms. The van der Waals surface area contributed by atoms with E-state index in [0.717, 1.165) is 52.7 Å². The van der Waals surface area contributed by atoms with E-state index in [2.05, 4.69) is 18.6 Å². The number of carboxylic acids is 1. The maximum Gasteiger partial charge on any atom is 0.330 e. The molecule has 0 spiro atoms. The summed E-state index contributed by atoms with van der Waals surface area (Å²) in [6, 6.07) is 19.2. The maximum atomic E-state index is 12.0. The van der Waals surface area contributed by atoms with E-state index < -0.39 is 5.97 Å². The van der Waals surface area contributed by atoms with Gasteiger partial charge in [0.2, 0.25) is 0 Å². The predicted molar refractivity (Wildman–Crippen MR) is 137 cm³/mol. The molecule has 4 aliphatic carbocycles. The molecule has 183 valence electrons. The quantitative estimate of drug-likeness (QED) is 0.158. The molecule has 5 heteroatoms. The molecular formula is C31H31O4Y-. The molecule has 0 aliphatic heterocycles. The van der Waals surface area contributed by atoms with Crippen LogP contribution in [0.1, 0.15) is 24.0 Å². The summed E-state index contributed by atoms with van der Waals surface area (Å²) >= 11 is 0. The molecule has 0 amide bonds. The summed E-state index contributed by atoms with van der Waals surface area (Å²) in [6.07, 6.45) is 16.2. The second-order valence-corrected chi connectivity index (χ2v) is 9.98. The van der Waals surface area contributed by atoms with Crippen molar-refractivity contribution in [1.82, 2.24) is 0 Å². The van der Waals surface area contributed by atoms with Crippen LogP contribution < -0.4 is 0 Å². The zero-order valence-corrected chi connectivity index (χ0v) is 23.1. The van der Waals surface area contributed by atoms with Crippen molar-refractivity contribution in [1.29, 1.82) is 0 Å². The van der Waals surface area contributed by atoms with Gasteiger partial charge in [-0.1, -0.05) is 91.1 Å². The molecule has 3 fully saturated rings. The Morgan fingerprint density at radius 2 is 1.44 bits per heavy atom. The van der Waals surface area contributed by atoms with E-state index in [-0.39, 0.29) is 38.7 Å². The Balaban J connectivity index is 0.000000216. The normalized spacial score (nSPS) is 30.6. The van der Waals surface area contributed by atoms with Crippen LogP contribution in [-0.4, -0.2) is 23.7 Å². The summed E-state index contributed by atoms with van der Waals surface area (Å²) in [7, 11) is 0. The van der Waals surface area contributed by atoms with Crippen molar-refractivity contribution < 1.29 is 52.1 Å². The molecule has 4 aliphatic rings. The van der Waals surface area contributed by atoms with Crippen molar-refractivity contribution in [2.75, 3.05) is 6.61 Å². The molecule has 0 heterocycles. The van der Waals surface area contributed by atoms with Crippen LogP contribution in [-0.2, 0) is 47.0 Å². The molecule has 2 aromatic carbocycles. The van der Waals surface area contributed by atoms with E-state index in [4.69, 9.17) is 9.84 Å². The van der Waals surface area contributed by atoms with Crippen LogP contribution in [0.25, 0.3) is 12.2 Å². The number of aliphatic carboxylic acids is 1. The first-order valence-corrected chi connectivity index (χ1v) is 12.5. The Morgan fingerprint density at radius 3 is 2.06 bits per heavy atom. The number of benzene rings is 2. The van der Waals surface area contributed by atoms with Gasteiger partial charge in [0.25, 0.3) is 0 Å². The third kappa shape index (κ3) is 6.15. The van der Waals surface area contributed by atoms with Crippen LogP contribution in [0, 0.1) is 47.8 Å². The first-order chi connectivity index (χ1) is 17.1. The molecule has 3 saturated carbocycles. The standard InChI is InChI=1S/C22H23O2.C9H8O2.Y/c23-20(9-6-14-4-2-1-3-5-14)24-13-18-11-17-12-19(18)22-16-8-7-15(10-16)21(17)22;10-9(11)7-6-8-4-2-1-3-5-8;/h1-9,11,15-19,21-22H,10,12-13H2;1-7H,(H,10,11);/q-1;;/b9-6+;7-6+;. The van der Waals surface area contributed by atoms with Crippen LogP contribution in [0.5, 0.6) is 0 Å². The zero-order chi connectivity index (χ0) is 24.2. The van der Waals surface area contributed by atoms with Crippen LogP contribution in [0.2, 0.25) is 0 Å². The van der Waals surface area contributed by atoms with E-state index in [1.807, 2.05) is 66.7 Å². The number of hydrogen-bond acceptors (Lipinski definition) is 3. The second kappa shape index (κ2) is 12.3. The van der Waals surface area contributed by atoms with Gasteiger partial charge >= 0.3 is 11.9 Å². The van der Waals surface area contributed by atoms with Gasteiger partial charge in [0, 0.05) is 44.9 Å². The van der Waals surface area contributed by atoms with Crippen molar-refractivity contribution >= 4 is 24.1 Å². The Kier molecular flexibility index (Phi) is 9.14. The fourth-order valence-corrected chi connectivity index (χ4v) is 6.73. The topological polar surface area (TPSA) is 63.6 Å². The first kappa shape index (κ1) is 26.8. The SMILES string of the molecule is O=C(/C=C/c1ccccc1)OCC1[CH-]C2CC1C1C3C=CC(C3)C21.O=C(O)/C=C/c1ccccc1.[Y]. The largest absolute Gasteiger partial charge is 0.478 e. The summed E-state index contributed by atoms with van der Waals surface area (Å²) in [5, 5.41) is 8.29. The molecule has 4 nitrogen and oxygen atoms in total. The summed E-state index contributed by atoms with van der Waals surface area (Å²) in [4.78, 5) is 22.1. The van der Waals surface area contributed by atoms with Crippen LogP contribution in [0.3, 0.4) is 0 Å². The number of carbonyl (C=O) groups excluding carboxylic acids is 1. The summed E-state index contributed by atoms with van der Waals surface area (Å²) in [5.74, 6) is 4.23. The van der Waals surface area contributed by atoms with Crippen LogP contribution in [0.4, 0.5) is 0 Å². The molecule has 1 N–H and O–H groups in total. The number of fused-ring (bicyclic) bond motifs is 9. The monoisotopic (exact) mass is 556 g/mol. The van der Waals surface area contributed by atoms with Gasteiger partial charge in [-0.2, -0.15) is 5.92 Å². The average molecular weight is 556 g/mol. The van der Waals surface area contributed by atoms with Crippen molar-refractivity contribution in [2.45, 2.75) is 12.8 Å². The van der Waals surface area contributed by atoms with E-state index in [9.17, 15) is 9.59 Å². The molecule has 6 rings (SSSR count). The average Bonchev–Trinajstić information content (AvgIpc) is 3.67. The second-order valence-electron chi connectivity index (χ2n) is 9.98. The number of allylic oxidation sites excluding steroid dienone is 2. The number of esters is 1. The molecule has 2 aromatic rings. The third-order valence-corrected chi connectivity index (χ3v) is 8.01. The minimum absolute atomic E-state index is 0. The van der Waals surface area contributed by atoms with E-state index in [1.165, 1.54) is 12.8 Å². The van der Waals surface area contributed by atoms with Crippen molar-refractivity contribution in [2.24, 2.45) is 41.4 Å². The number of ether oxygens (including phenoxy) is 1. The molecule has 36 heavy (non-hydrogen) atoms. The summed E-state index contributed by atoms with van der Waals surface area (Å²) in [6.45, 7) is 0.559. The molecule has 7 unspecified atom stereocenters. The van der Waals surface area contributed by atoms with Gasteiger partial charge in [-0.3, -0.25) is 0 Å². The summed E-state index contributed by atoms with van der Waals surface area (Å²) in [5.41, 5.74) is 1.92. The molecule has 0 aromatic heterocycles. The first-order valence-electron chi connectivity index (χ1n) is 12.5. The molecule has 1 radical (unpaired) electrons. The van der Waals surface area contributed by atoms with Gasteiger partial charge in [-0.05, 0) is 47.5 Å².